The van der Waals surface area contributed by atoms with Gasteiger partial charge in [0, 0.05) is 22.1 Å². The molecule has 0 spiro atoms. The predicted octanol–water partition coefficient (Wildman–Crippen LogP) is 7.45. The molecule has 210 valence electrons. The molecule has 2 fully saturated rings. The van der Waals surface area contributed by atoms with Crippen molar-refractivity contribution in [1.29, 1.82) is 0 Å². The van der Waals surface area contributed by atoms with E-state index < -0.39 is 6.29 Å². The summed E-state index contributed by atoms with van der Waals surface area (Å²) in [6.07, 6.45) is 2.06. The number of aliphatic hydroxyl groups is 1. The van der Waals surface area contributed by atoms with Crippen LogP contribution in [0.2, 0.25) is 15.1 Å². The summed E-state index contributed by atoms with van der Waals surface area (Å²) in [5.74, 6) is 1.34. The molecule has 1 amide bonds. The summed E-state index contributed by atoms with van der Waals surface area (Å²) in [4.78, 5) is 22.5. The average molecular weight is 612 g/mol. The van der Waals surface area contributed by atoms with Crippen molar-refractivity contribution in [3.8, 4) is 17.0 Å². The van der Waals surface area contributed by atoms with E-state index in [1.807, 2.05) is 18.2 Å². The van der Waals surface area contributed by atoms with E-state index in [1.54, 1.807) is 42.5 Å². The molecule has 1 heterocycles. The molecule has 2 saturated carbocycles. The molecule has 2 N–H and O–H groups in total. The summed E-state index contributed by atoms with van der Waals surface area (Å²) in [6.45, 7) is -0.0158. The van der Waals surface area contributed by atoms with Gasteiger partial charge in [-0.05, 0) is 78.6 Å². The van der Waals surface area contributed by atoms with E-state index in [0.717, 1.165) is 30.4 Å². The maximum absolute atomic E-state index is 12.1. The lowest BCUT2D eigenvalue weighted by molar-refractivity contribution is -0.107. The Hall–Kier alpha value is -3.36. The molecule has 2 aliphatic rings. The minimum Gasteiger partial charge on any atom is -0.461 e. The molecule has 0 saturated heterocycles. The quantitative estimate of drug-likeness (QED) is 0.143. The van der Waals surface area contributed by atoms with Crippen LogP contribution >= 0.6 is 34.8 Å². The number of hydrogen-bond donors (Lipinski definition) is 2. The smallest absolute Gasteiger partial charge is 0.251 e. The van der Waals surface area contributed by atoms with Gasteiger partial charge in [-0.2, -0.15) is 0 Å². The van der Waals surface area contributed by atoms with Gasteiger partial charge < -0.3 is 24.5 Å². The molecule has 10 heteroatoms. The Balaban J connectivity index is 1.18. The minimum absolute atomic E-state index is 0.0158. The van der Waals surface area contributed by atoms with E-state index >= 15 is 0 Å². The molecule has 3 unspecified atom stereocenters. The highest BCUT2D eigenvalue weighted by Gasteiger charge is 2.41. The predicted molar refractivity (Wildman–Crippen MR) is 156 cm³/mol. The van der Waals surface area contributed by atoms with Crippen LogP contribution < -0.4 is 10.1 Å². The van der Waals surface area contributed by atoms with Crippen molar-refractivity contribution in [2.45, 2.75) is 43.3 Å². The maximum Gasteiger partial charge on any atom is 0.251 e. The number of aromatic nitrogens is 1. The van der Waals surface area contributed by atoms with Crippen molar-refractivity contribution in [2.24, 2.45) is 0 Å². The monoisotopic (exact) mass is 610 g/mol. The number of aliphatic hydroxyl groups excluding tert-OH is 1. The fourth-order valence-electron chi connectivity index (χ4n) is 5.19. The summed E-state index contributed by atoms with van der Waals surface area (Å²) in [7, 11) is 0. The Morgan fingerprint density at radius 1 is 1.05 bits per heavy atom. The van der Waals surface area contributed by atoms with Gasteiger partial charge in [0.15, 0.2) is 0 Å². The Morgan fingerprint density at radius 3 is 2.44 bits per heavy atom. The third-order valence-electron chi connectivity index (χ3n) is 7.51. The van der Waals surface area contributed by atoms with E-state index in [9.17, 15) is 14.7 Å². The Labute approximate surface area is 251 Å². The van der Waals surface area contributed by atoms with Crippen LogP contribution in [0.1, 0.15) is 76.1 Å². The van der Waals surface area contributed by atoms with Crippen LogP contribution in [0.4, 0.5) is 0 Å². The molecule has 2 aliphatic carbocycles. The minimum atomic E-state index is -1.38. The second-order valence-corrected chi connectivity index (χ2v) is 11.5. The zero-order chi connectivity index (χ0) is 28.7. The van der Waals surface area contributed by atoms with E-state index in [0.29, 0.717) is 55.2 Å². The van der Waals surface area contributed by atoms with Gasteiger partial charge in [0.25, 0.3) is 5.91 Å². The number of nitrogens with one attached hydrogen (secondary N) is 1. The van der Waals surface area contributed by atoms with Crippen LogP contribution in [-0.2, 0) is 4.79 Å². The van der Waals surface area contributed by atoms with Gasteiger partial charge in [-0.25, -0.2) is 0 Å². The van der Waals surface area contributed by atoms with Gasteiger partial charge in [-0.1, -0.05) is 64.2 Å². The first kappa shape index (κ1) is 27.8. The summed E-state index contributed by atoms with van der Waals surface area (Å²) in [6, 6.07) is 17.9. The first-order valence-electron chi connectivity index (χ1n) is 13.3. The summed E-state index contributed by atoms with van der Waals surface area (Å²) < 4.78 is 11.6. The third-order valence-corrected chi connectivity index (χ3v) is 8.46. The highest BCUT2D eigenvalue weighted by Crippen LogP contribution is 2.56. The summed E-state index contributed by atoms with van der Waals surface area (Å²) in [5.41, 5.74) is 3.84. The molecule has 1 aromatic heterocycles. The zero-order valence-electron chi connectivity index (χ0n) is 21.6. The van der Waals surface area contributed by atoms with Crippen LogP contribution in [0.25, 0.3) is 11.3 Å². The van der Waals surface area contributed by atoms with E-state index in [4.69, 9.17) is 44.1 Å². The van der Waals surface area contributed by atoms with Gasteiger partial charge in [0.05, 0.1) is 22.2 Å². The fraction of sp³-hybridized carbons (Fsp3) is 0.258. The van der Waals surface area contributed by atoms with Crippen molar-refractivity contribution in [3.63, 3.8) is 0 Å². The topological polar surface area (TPSA) is 102 Å². The lowest BCUT2D eigenvalue weighted by Gasteiger charge is -2.16. The van der Waals surface area contributed by atoms with Crippen molar-refractivity contribution in [2.75, 3.05) is 6.54 Å². The lowest BCUT2D eigenvalue weighted by atomic mass is 10.0. The number of hydrogen-bond acceptors (Lipinski definition) is 6. The Bertz CT molecular complexity index is 1600. The average Bonchev–Trinajstić information content (AvgIpc) is 3.90. The van der Waals surface area contributed by atoms with Crippen molar-refractivity contribution in [1.82, 2.24) is 10.5 Å². The molecular formula is C31H25Cl3N2O5. The number of carbonyl (C=O) groups is 2. The van der Waals surface area contributed by atoms with Gasteiger partial charge in [0.1, 0.15) is 23.5 Å². The van der Waals surface area contributed by atoms with Crippen LogP contribution in [0.3, 0.4) is 0 Å². The number of rotatable bonds is 10. The van der Waals surface area contributed by atoms with Gasteiger partial charge in [0.2, 0.25) is 6.29 Å². The molecule has 6 rings (SSSR count). The summed E-state index contributed by atoms with van der Waals surface area (Å²) >= 11 is 19.6. The highest BCUT2D eigenvalue weighted by molar-refractivity contribution is 6.39. The number of benzene rings is 3. The van der Waals surface area contributed by atoms with E-state index in [-0.39, 0.29) is 30.2 Å². The van der Waals surface area contributed by atoms with Crippen LogP contribution in [-0.4, -0.2) is 29.0 Å². The molecular weight excluding hydrogens is 587 g/mol. The Morgan fingerprint density at radius 2 is 1.78 bits per heavy atom. The number of aldehydes is 1. The lowest BCUT2D eigenvalue weighted by Crippen LogP contribution is -2.24. The van der Waals surface area contributed by atoms with Crippen molar-refractivity contribution >= 4 is 47.0 Å². The molecule has 0 bridgehead atoms. The van der Waals surface area contributed by atoms with Crippen LogP contribution in [0.15, 0.2) is 65.2 Å². The molecule has 41 heavy (non-hydrogen) atoms. The van der Waals surface area contributed by atoms with Crippen molar-refractivity contribution < 1.29 is 24.0 Å². The fourth-order valence-corrected chi connectivity index (χ4v) is 6.07. The van der Waals surface area contributed by atoms with E-state index in [2.05, 4.69) is 10.5 Å². The summed E-state index contributed by atoms with van der Waals surface area (Å²) in [5, 5.41) is 19.3. The SMILES string of the molecule is O=CCNC(=O)c1ccc(C2CC2c2ccc(OC(O)c3c(-c4c(Cl)cccc4Cl)noc3C3CC3)cc2Cl)cc1. The standard InChI is InChI=1S/C31H25Cl3N2O5/c32-23-2-1-3-24(33)26(23)28-27(29(41-36-28)17-6-7-17)31(39)40-19-10-11-20(25(34)14-19)22-15-21(22)16-4-8-18(9-5-16)30(38)35-12-13-37/h1-5,8-11,13-14,17,21-22,31,39H,6-7,12,15H2,(H,35,38). The highest BCUT2D eigenvalue weighted by atomic mass is 35.5. The maximum atomic E-state index is 12.1. The van der Waals surface area contributed by atoms with Crippen LogP contribution in [0.5, 0.6) is 5.75 Å². The largest absolute Gasteiger partial charge is 0.461 e. The molecule has 7 nitrogen and oxygen atoms in total. The second-order valence-electron chi connectivity index (χ2n) is 10.3. The molecule has 0 aliphatic heterocycles. The number of ether oxygens (including phenoxy) is 1. The number of nitrogens with zero attached hydrogens (tertiary/aromatic N) is 1. The van der Waals surface area contributed by atoms with Crippen LogP contribution in [0, 0.1) is 0 Å². The van der Waals surface area contributed by atoms with Gasteiger partial charge in [-0.15, -0.1) is 0 Å². The molecule has 4 aromatic rings. The zero-order valence-corrected chi connectivity index (χ0v) is 23.9. The number of carbonyl (C=O) groups excluding carboxylic acids is 2. The first-order chi connectivity index (χ1) is 19.9. The number of amides is 1. The van der Waals surface area contributed by atoms with Gasteiger partial charge >= 0.3 is 0 Å². The normalized spacial score (nSPS) is 18.5. The molecule has 3 aromatic carbocycles. The number of halogens is 3. The third kappa shape index (κ3) is 5.72. The van der Waals surface area contributed by atoms with E-state index in [1.165, 1.54) is 0 Å². The molecule has 3 atom stereocenters. The second kappa shape index (κ2) is 11.5. The first-order valence-corrected chi connectivity index (χ1v) is 14.4. The Kier molecular flexibility index (Phi) is 7.79. The van der Waals surface area contributed by atoms with Gasteiger partial charge in [-0.3, -0.25) is 4.79 Å². The van der Waals surface area contributed by atoms with Crippen molar-refractivity contribution in [3.05, 3.63) is 104 Å². The molecule has 0 radical (unpaired) electrons.